The van der Waals surface area contributed by atoms with Crippen molar-refractivity contribution in [3.63, 3.8) is 0 Å². The third-order valence-corrected chi connectivity index (χ3v) is 2.27. The number of nitrogens with zero attached hydrogens (tertiary/aromatic N) is 1. The summed E-state index contributed by atoms with van der Waals surface area (Å²) in [7, 11) is 0. The minimum Gasteiger partial charge on any atom is -0.463 e. The van der Waals surface area contributed by atoms with Gasteiger partial charge in [0.2, 0.25) is 0 Å². The predicted octanol–water partition coefficient (Wildman–Crippen LogP) is 2.66. The zero-order valence-corrected chi connectivity index (χ0v) is 9.28. The van der Waals surface area contributed by atoms with Gasteiger partial charge in [0.15, 0.2) is 0 Å². The highest BCUT2D eigenvalue weighted by molar-refractivity contribution is 7.80. The van der Waals surface area contributed by atoms with E-state index < -0.39 is 0 Å². The number of hydrogen-bond acceptors (Lipinski definition) is 3. The largest absolute Gasteiger partial charge is 0.463 e. The smallest absolute Gasteiger partial charge is 0.144 e. The lowest BCUT2D eigenvalue weighted by molar-refractivity contribution is 0.560. The summed E-state index contributed by atoms with van der Waals surface area (Å²) in [6.07, 6.45) is 3.27. The Balaban J connectivity index is 2.14. The van der Waals surface area contributed by atoms with Crippen LogP contribution in [0.15, 0.2) is 52.1 Å². The third-order valence-electron chi connectivity index (χ3n) is 2.04. The standard InChI is InChI=1S/C12H10N2OS/c13-12(16)9-3-5-10(6-4-9)14-8-11-2-1-7-15-11/h1-8H,(H2,13,16). The van der Waals surface area contributed by atoms with E-state index in [4.69, 9.17) is 22.4 Å². The molecule has 0 amide bonds. The fraction of sp³-hybridized carbons (Fsp3) is 0. The second-order valence-corrected chi connectivity index (χ2v) is 3.62. The SMILES string of the molecule is NC(=S)c1ccc(N=Cc2ccco2)cc1. The van der Waals surface area contributed by atoms with Gasteiger partial charge in [0, 0.05) is 5.56 Å². The molecule has 0 aliphatic rings. The molecule has 0 fully saturated rings. The Labute approximate surface area is 98.6 Å². The lowest BCUT2D eigenvalue weighted by Crippen LogP contribution is -2.08. The minimum atomic E-state index is 0.390. The van der Waals surface area contributed by atoms with E-state index in [0.29, 0.717) is 4.99 Å². The van der Waals surface area contributed by atoms with Crippen molar-refractivity contribution in [3.05, 3.63) is 54.0 Å². The Morgan fingerprint density at radius 2 is 2.00 bits per heavy atom. The molecule has 2 aromatic rings. The fourth-order valence-electron chi connectivity index (χ4n) is 1.21. The molecule has 0 spiro atoms. The number of aliphatic imine (C=N–C) groups is 1. The summed E-state index contributed by atoms with van der Waals surface area (Å²) >= 11 is 4.86. The molecule has 2 N–H and O–H groups in total. The lowest BCUT2D eigenvalue weighted by Gasteiger charge is -1.97. The number of hydrogen-bond donors (Lipinski definition) is 1. The van der Waals surface area contributed by atoms with Crippen LogP contribution in [0, 0.1) is 0 Å². The van der Waals surface area contributed by atoms with Crippen molar-refractivity contribution in [3.8, 4) is 0 Å². The van der Waals surface area contributed by atoms with Crippen LogP contribution in [0.1, 0.15) is 11.3 Å². The first-order chi connectivity index (χ1) is 7.75. The van der Waals surface area contributed by atoms with Crippen LogP contribution < -0.4 is 5.73 Å². The van der Waals surface area contributed by atoms with Crippen LogP contribution in [0.2, 0.25) is 0 Å². The molecule has 1 aromatic heterocycles. The van der Waals surface area contributed by atoms with E-state index in [-0.39, 0.29) is 0 Å². The monoisotopic (exact) mass is 230 g/mol. The van der Waals surface area contributed by atoms with E-state index in [1.54, 1.807) is 12.5 Å². The molecule has 0 unspecified atom stereocenters. The van der Waals surface area contributed by atoms with Crippen LogP contribution in [-0.2, 0) is 0 Å². The Morgan fingerprint density at radius 3 is 2.56 bits per heavy atom. The van der Waals surface area contributed by atoms with Crippen LogP contribution in [0.4, 0.5) is 5.69 Å². The zero-order valence-electron chi connectivity index (χ0n) is 8.46. The third kappa shape index (κ3) is 2.55. The van der Waals surface area contributed by atoms with Gasteiger partial charge in [-0.3, -0.25) is 4.99 Å². The van der Waals surface area contributed by atoms with Crippen molar-refractivity contribution in [2.75, 3.05) is 0 Å². The van der Waals surface area contributed by atoms with E-state index in [2.05, 4.69) is 4.99 Å². The fourth-order valence-corrected chi connectivity index (χ4v) is 1.35. The first-order valence-corrected chi connectivity index (χ1v) is 5.14. The lowest BCUT2D eigenvalue weighted by atomic mass is 10.2. The van der Waals surface area contributed by atoms with Gasteiger partial charge in [-0.05, 0) is 36.4 Å². The van der Waals surface area contributed by atoms with Crippen molar-refractivity contribution in [2.24, 2.45) is 10.7 Å². The molecule has 4 heteroatoms. The van der Waals surface area contributed by atoms with Gasteiger partial charge in [-0.2, -0.15) is 0 Å². The molecular weight excluding hydrogens is 220 g/mol. The van der Waals surface area contributed by atoms with Crippen molar-refractivity contribution < 1.29 is 4.42 Å². The quantitative estimate of drug-likeness (QED) is 0.651. The molecule has 3 nitrogen and oxygen atoms in total. The Morgan fingerprint density at radius 1 is 1.25 bits per heavy atom. The molecule has 0 aliphatic carbocycles. The summed E-state index contributed by atoms with van der Waals surface area (Å²) in [6.45, 7) is 0. The van der Waals surface area contributed by atoms with Gasteiger partial charge in [-0.1, -0.05) is 12.2 Å². The molecule has 1 heterocycles. The number of rotatable bonds is 3. The van der Waals surface area contributed by atoms with Gasteiger partial charge in [0.05, 0.1) is 18.2 Å². The van der Waals surface area contributed by atoms with Gasteiger partial charge in [0.1, 0.15) is 10.7 Å². The first-order valence-electron chi connectivity index (χ1n) is 4.73. The summed E-state index contributed by atoms with van der Waals surface area (Å²) in [4.78, 5) is 4.64. The maximum Gasteiger partial charge on any atom is 0.144 e. The average Bonchev–Trinajstić information content (AvgIpc) is 2.80. The molecule has 80 valence electrons. The molecule has 0 saturated heterocycles. The molecule has 1 aromatic carbocycles. The number of thiocarbonyl (C=S) groups is 1. The van der Waals surface area contributed by atoms with Crippen LogP contribution in [0.5, 0.6) is 0 Å². The number of furan rings is 1. The van der Waals surface area contributed by atoms with E-state index in [1.807, 2.05) is 36.4 Å². The summed E-state index contributed by atoms with van der Waals surface area (Å²) in [5, 5.41) is 0. The van der Waals surface area contributed by atoms with E-state index in [9.17, 15) is 0 Å². The highest BCUT2D eigenvalue weighted by atomic mass is 32.1. The summed E-state index contributed by atoms with van der Waals surface area (Å²) in [6, 6.07) is 11.1. The van der Waals surface area contributed by atoms with Crippen LogP contribution in [0.25, 0.3) is 0 Å². The normalized spacial score (nSPS) is 10.8. The zero-order chi connectivity index (χ0) is 11.4. The maximum atomic E-state index is 5.49. The van der Waals surface area contributed by atoms with Crippen LogP contribution in [0.3, 0.4) is 0 Å². The topological polar surface area (TPSA) is 51.5 Å². The summed E-state index contributed by atoms with van der Waals surface area (Å²) < 4.78 is 5.13. The van der Waals surface area contributed by atoms with Gasteiger partial charge in [-0.15, -0.1) is 0 Å². The molecule has 0 radical (unpaired) electrons. The molecule has 0 aliphatic heterocycles. The van der Waals surface area contributed by atoms with E-state index in [0.717, 1.165) is 17.0 Å². The molecule has 0 atom stereocenters. The average molecular weight is 230 g/mol. The highest BCUT2D eigenvalue weighted by Gasteiger charge is 1.95. The van der Waals surface area contributed by atoms with Gasteiger partial charge >= 0.3 is 0 Å². The summed E-state index contributed by atoms with van der Waals surface area (Å²) in [5.74, 6) is 0.721. The molecular formula is C12H10N2OS. The first kappa shape index (κ1) is 10.6. The highest BCUT2D eigenvalue weighted by Crippen LogP contribution is 2.13. The second kappa shape index (κ2) is 4.72. The van der Waals surface area contributed by atoms with Gasteiger partial charge in [0.25, 0.3) is 0 Å². The van der Waals surface area contributed by atoms with Crippen molar-refractivity contribution in [1.29, 1.82) is 0 Å². The van der Waals surface area contributed by atoms with E-state index >= 15 is 0 Å². The second-order valence-electron chi connectivity index (χ2n) is 3.18. The number of benzene rings is 1. The Kier molecular flexibility index (Phi) is 3.12. The van der Waals surface area contributed by atoms with Gasteiger partial charge < -0.3 is 10.2 Å². The molecule has 16 heavy (non-hydrogen) atoms. The Bertz CT molecular complexity index is 500. The Hall–Kier alpha value is -1.94. The van der Waals surface area contributed by atoms with Crippen molar-refractivity contribution in [2.45, 2.75) is 0 Å². The van der Waals surface area contributed by atoms with E-state index in [1.165, 1.54) is 0 Å². The number of nitrogens with two attached hydrogens (primary N) is 1. The van der Waals surface area contributed by atoms with Gasteiger partial charge in [-0.25, -0.2) is 0 Å². The van der Waals surface area contributed by atoms with Crippen LogP contribution in [-0.4, -0.2) is 11.2 Å². The van der Waals surface area contributed by atoms with Crippen LogP contribution >= 0.6 is 12.2 Å². The van der Waals surface area contributed by atoms with Crippen molar-refractivity contribution >= 4 is 29.1 Å². The van der Waals surface area contributed by atoms with Crippen molar-refractivity contribution in [1.82, 2.24) is 0 Å². The predicted molar refractivity (Wildman–Crippen MR) is 68.3 cm³/mol. The minimum absolute atomic E-state index is 0.390. The molecule has 2 rings (SSSR count). The molecule has 0 saturated carbocycles. The molecule has 0 bridgehead atoms. The maximum absolute atomic E-state index is 5.49. The summed E-state index contributed by atoms with van der Waals surface area (Å²) in [5.41, 5.74) is 7.16.